The number of hydrogen-bond acceptors (Lipinski definition) is 2. The molecule has 1 saturated heterocycles. The fraction of sp³-hybridized carbons (Fsp3) is 0.533. The monoisotopic (exact) mass is 316 g/mol. The van der Waals surface area contributed by atoms with Crippen molar-refractivity contribution in [2.75, 3.05) is 19.0 Å². The second-order valence-electron chi connectivity index (χ2n) is 5.04. The van der Waals surface area contributed by atoms with E-state index in [9.17, 15) is 4.79 Å². The Kier molecular flexibility index (Phi) is 7.35. The molecule has 0 unspecified atom stereocenters. The van der Waals surface area contributed by atoms with Crippen molar-refractivity contribution in [1.29, 1.82) is 0 Å². The first-order valence-electron chi connectivity index (χ1n) is 6.90. The summed E-state index contributed by atoms with van der Waals surface area (Å²) in [6.07, 6.45) is 3.11. The summed E-state index contributed by atoms with van der Waals surface area (Å²) < 4.78 is 0. The quantitative estimate of drug-likeness (QED) is 0.820. The number of rotatable bonds is 5. The van der Waals surface area contributed by atoms with Gasteiger partial charge in [0.15, 0.2) is 0 Å². The van der Waals surface area contributed by atoms with Gasteiger partial charge in [-0.3, -0.25) is 4.79 Å². The first-order valence-corrected chi connectivity index (χ1v) is 7.43. The minimum atomic E-state index is -0.212. The Morgan fingerprint density at radius 1 is 1.25 bits per heavy atom. The van der Waals surface area contributed by atoms with Gasteiger partial charge in [-0.2, -0.15) is 0 Å². The van der Waals surface area contributed by atoms with E-state index in [1.807, 2.05) is 18.2 Å². The van der Waals surface area contributed by atoms with Crippen LogP contribution in [0.4, 0.5) is 0 Å². The molecule has 0 saturated carbocycles. The van der Waals surface area contributed by atoms with Crippen molar-refractivity contribution in [2.24, 2.45) is 0 Å². The van der Waals surface area contributed by atoms with Crippen LogP contribution in [-0.4, -0.2) is 24.9 Å². The van der Waals surface area contributed by atoms with Gasteiger partial charge in [-0.05, 0) is 37.9 Å². The molecule has 1 aliphatic rings. The number of piperidine rings is 1. The van der Waals surface area contributed by atoms with Crippen LogP contribution in [0.25, 0.3) is 0 Å². The summed E-state index contributed by atoms with van der Waals surface area (Å²) in [7, 11) is 0. The van der Waals surface area contributed by atoms with E-state index < -0.39 is 0 Å². The van der Waals surface area contributed by atoms with E-state index >= 15 is 0 Å². The average molecular weight is 317 g/mol. The van der Waals surface area contributed by atoms with E-state index in [1.165, 1.54) is 5.56 Å². The third kappa shape index (κ3) is 4.37. The van der Waals surface area contributed by atoms with Crippen LogP contribution in [0.2, 0.25) is 0 Å². The highest BCUT2D eigenvalue weighted by Crippen LogP contribution is 2.30. The molecule has 0 aromatic heterocycles. The smallest absolute Gasteiger partial charge is 0.220 e. The molecule has 1 amide bonds. The van der Waals surface area contributed by atoms with E-state index in [1.54, 1.807) is 0 Å². The molecule has 1 aliphatic heterocycles. The van der Waals surface area contributed by atoms with Crippen molar-refractivity contribution in [3.05, 3.63) is 35.9 Å². The van der Waals surface area contributed by atoms with Crippen molar-refractivity contribution in [3.63, 3.8) is 0 Å². The number of hydrogen-bond donors (Lipinski definition) is 2. The Bertz CT molecular complexity index is 406. The Morgan fingerprint density at radius 2 is 1.90 bits per heavy atom. The van der Waals surface area contributed by atoms with Crippen LogP contribution in [0.5, 0.6) is 0 Å². The lowest BCUT2D eigenvalue weighted by molar-refractivity contribution is -0.123. The summed E-state index contributed by atoms with van der Waals surface area (Å²) in [4.78, 5) is 12.1. The van der Waals surface area contributed by atoms with Gasteiger partial charge in [0.1, 0.15) is 0 Å². The standard InChI is InChI=1S/C15H21ClN2O.ClH/c16-10-4-7-14(19)18-15(8-11-17-12-9-15)13-5-2-1-3-6-13;/h1-3,5-6,17H,4,7-12H2,(H,18,19);1H. The third-order valence-corrected chi connectivity index (χ3v) is 3.97. The molecule has 0 radical (unpaired) electrons. The number of carbonyl (C=O) groups is 1. The number of nitrogens with one attached hydrogen (secondary N) is 2. The molecule has 2 rings (SSSR count). The molecule has 1 fully saturated rings. The first kappa shape index (κ1) is 17.3. The lowest BCUT2D eigenvalue weighted by atomic mass is 9.81. The number of alkyl halides is 1. The highest BCUT2D eigenvalue weighted by molar-refractivity contribution is 6.17. The van der Waals surface area contributed by atoms with Crippen LogP contribution in [0.15, 0.2) is 30.3 Å². The largest absolute Gasteiger partial charge is 0.346 e. The van der Waals surface area contributed by atoms with Gasteiger partial charge >= 0.3 is 0 Å². The van der Waals surface area contributed by atoms with Crippen LogP contribution < -0.4 is 10.6 Å². The molecule has 1 aromatic rings. The molecule has 20 heavy (non-hydrogen) atoms. The van der Waals surface area contributed by atoms with Gasteiger partial charge in [0, 0.05) is 12.3 Å². The molecule has 0 spiro atoms. The van der Waals surface area contributed by atoms with E-state index in [0.29, 0.717) is 12.3 Å². The minimum Gasteiger partial charge on any atom is -0.346 e. The number of benzene rings is 1. The maximum absolute atomic E-state index is 12.1. The first-order chi connectivity index (χ1) is 9.27. The van der Waals surface area contributed by atoms with Crippen molar-refractivity contribution in [3.8, 4) is 0 Å². The van der Waals surface area contributed by atoms with E-state index in [0.717, 1.165) is 32.4 Å². The van der Waals surface area contributed by atoms with E-state index in [-0.39, 0.29) is 23.9 Å². The summed E-state index contributed by atoms with van der Waals surface area (Å²) in [5, 5.41) is 6.60. The van der Waals surface area contributed by atoms with Crippen LogP contribution in [-0.2, 0) is 10.3 Å². The fourth-order valence-electron chi connectivity index (χ4n) is 2.65. The maximum Gasteiger partial charge on any atom is 0.220 e. The Hall–Kier alpha value is -0.770. The SMILES string of the molecule is Cl.O=C(CCCCl)NC1(c2ccccc2)CCNCC1. The predicted octanol–water partition coefficient (Wildman–Crippen LogP) is 2.82. The van der Waals surface area contributed by atoms with Gasteiger partial charge in [-0.1, -0.05) is 30.3 Å². The molecule has 0 aliphatic carbocycles. The number of carbonyl (C=O) groups excluding carboxylic acids is 1. The molecule has 112 valence electrons. The maximum atomic E-state index is 12.1. The zero-order valence-corrected chi connectivity index (χ0v) is 13.1. The van der Waals surface area contributed by atoms with Crippen LogP contribution in [0.1, 0.15) is 31.2 Å². The summed E-state index contributed by atoms with van der Waals surface area (Å²) in [5.41, 5.74) is 0.992. The van der Waals surface area contributed by atoms with E-state index in [4.69, 9.17) is 11.6 Å². The number of halogens is 2. The molecule has 1 heterocycles. The highest BCUT2D eigenvalue weighted by atomic mass is 35.5. The Labute approximate surface area is 131 Å². The van der Waals surface area contributed by atoms with Gasteiger partial charge in [0.05, 0.1) is 5.54 Å². The normalized spacial score (nSPS) is 17.1. The van der Waals surface area contributed by atoms with Gasteiger partial charge in [0.25, 0.3) is 0 Å². The molecular formula is C15H22Cl2N2O. The Balaban J connectivity index is 0.00000200. The highest BCUT2D eigenvalue weighted by Gasteiger charge is 2.34. The molecule has 3 nitrogen and oxygen atoms in total. The summed E-state index contributed by atoms with van der Waals surface area (Å²) in [5.74, 6) is 0.638. The van der Waals surface area contributed by atoms with Gasteiger partial charge in [-0.15, -0.1) is 24.0 Å². The molecule has 0 bridgehead atoms. The van der Waals surface area contributed by atoms with E-state index in [2.05, 4.69) is 22.8 Å². The Morgan fingerprint density at radius 3 is 2.50 bits per heavy atom. The predicted molar refractivity (Wildman–Crippen MR) is 85.6 cm³/mol. The van der Waals surface area contributed by atoms with Gasteiger partial charge in [0.2, 0.25) is 5.91 Å². The molecular weight excluding hydrogens is 295 g/mol. The molecule has 0 atom stereocenters. The second kappa shape index (κ2) is 8.50. The van der Waals surface area contributed by atoms with Crippen molar-refractivity contribution in [2.45, 2.75) is 31.2 Å². The topological polar surface area (TPSA) is 41.1 Å². The van der Waals surface area contributed by atoms with Gasteiger partial charge < -0.3 is 10.6 Å². The van der Waals surface area contributed by atoms with Crippen molar-refractivity contribution < 1.29 is 4.79 Å². The zero-order valence-electron chi connectivity index (χ0n) is 11.5. The zero-order chi connectivity index (χ0) is 13.6. The molecule has 1 aromatic carbocycles. The second-order valence-corrected chi connectivity index (χ2v) is 5.42. The molecule has 2 N–H and O–H groups in total. The average Bonchev–Trinajstić information content (AvgIpc) is 2.47. The summed E-state index contributed by atoms with van der Waals surface area (Å²) >= 11 is 5.65. The van der Waals surface area contributed by atoms with Crippen LogP contribution >= 0.6 is 24.0 Å². The molecule has 5 heteroatoms. The third-order valence-electron chi connectivity index (χ3n) is 3.70. The lowest BCUT2D eigenvalue weighted by Crippen LogP contribution is -2.52. The summed E-state index contributed by atoms with van der Waals surface area (Å²) in [6, 6.07) is 10.3. The van der Waals surface area contributed by atoms with Gasteiger partial charge in [-0.25, -0.2) is 0 Å². The van der Waals surface area contributed by atoms with Crippen LogP contribution in [0, 0.1) is 0 Å². The number of amides is 1. The van der Waals surface area contributed by atoms with Crippen molar-refractivity contribution in [1.82, 2.24) is 10.6 Å². The minimum absolute atomic E-state index is 0. The van der Waals surface area contributed by atoms with Crippen LogP contribution in [0.3, 0.4) is 0 Å². The van der Waals surface area contributed by atoms with Crippen molar-refractivity contribution >= 4 is 29.9 Å². The fourth-order valence-corrected chi connectivity index (χ4v) is 2.79. The summed E-state index contributed by atoms with van der Waals surface area (Å²) in [6.45, 7) is 1.87. The lowest BCUT2D eigenvalue weighted by Gasteiger charge is -2.39.